The highest BCUT2D eigenvalue weighted by Gasteiger charge is 2.20. The normalized spacial score (nSPS) is 14.2. The lowest BCUT2D eigenvalue weighted by Gasteiger charge is -2.24. The molecule has 0 saturated heterocycles. The monoisotopic (exact) mass is 324 g/mol. The maximum absolute atomic E-state index is 5.81. The Bertz CT molecular complexity index is 738. The number of hydrogen-bond acceptors (Lipinski definition) is 2. The fourth-order valence-electron chi connectivity index (χ4n) is 3.55. The van der Waals surface area contributed by atoms with E-state index in [2.05, 4.69) is 51.1 Å². The summed E-state index contributed by atoms with van der Waals surface area (Å²) in [5.41, 5.74) is 6.85. The van der Waals surface area contributed by atoms with Gasteiger partial charge in [-0.25, -0.2) is 0 Å². The number of methoxy groups -OCH3 is 2. The second-order valence-electron chi connectivity index (χ2n) is 7.72. The van der Waals surface area contributed by atoms with Crippen LogP contribution in [0, 0.1) is 0 Å². The summed E-state index contributed by atoms with van der Waals surface area (Å²) >= 11 is 0. The van der Waals surface area contributed by atoms with Gasteiger partial charge in [-0.05, 0) is 65.0 Å². The van der Waals surface area contributed by atoms with E-state index in [1.165, 1.54) is 27.8 Å². The second kappa shape index (κ2) is 6.51. The zero-order valence-corrected chi connectivity index (χ0v) is 15.5. The standard InChI is InChI=1S/C22H28O2/c1-22(2,3)19-13-17-8-6-15-7-11-20(23-4)16(12-15)9-10-18(14-19)21(17)24-5/h7,11-14H,6,8-10H2,1-5H3. The van der Waals surface area contributed by atoms with Gasteiger partial charge in [-0.15, -0.1) is 0 Å². The molecule has 2 aromatic rings. The summed E-state index contributed by atoms with van der Waals surface area (Å²) in [5.74, 6) is 2.07. The van der Waals surface area contributed by atoms with Crippen LogP contribution >= 0.6 is 0 Å². The molecule has 2 nitrogen and oxygen atoms in total. The van der Waals surface area contributed by atoms with Crippen LogP contribution in [0.1, 0.15) is 48.6 Å². The molecule has 0 aliphatic heterocycles. The summed E-state index contributed by atoms with van der Waals surface area (Å²) < 4.78 is 11.4. The maximum atomic E-state index is 5.81. The number of rotatable bonds is 2. The molecule has 1 aliphatic carbocycles. The van der Waals surface area contributed by atoms with E-state index in [4.69, 9.17) is 9.47 Å². The van der Waals surface area contributed by atoms with Gasteiger partial charge in [-0.2, -0.15) is 0 Å². The van der Waals surface area contributed by atoms with Gasteiger partial charge in [0.05, 0.1) is 14.2 Å². The Balaban J connectivity index is 2.09. The number of fused-ring (bicyclic) bond motifs is 4. The lowest BCUT2D eigenvalue weighted by Crippen LogP contribution is -2.14. The van der Waals surface area contributed by atoms with Crippen LogP contribution in [0.2, 0.25) is 0 Å². The van der Waals surface area contributed by atoms with Crippen LogP contribution in [-0.4, -0.2) is 14.2 Å². The van der Waals surface area contributed by atoms with Gasteiger partial charge in [0.25, 0.3) is 0 Å². The van der Waals surface area contributed by atoms with Crippen molar-refractivity contribution in [3.05, 3.63) is 58.1 Å². The summed E-state index contributed by atoms with van der Waals surface area (Å²) in [4.78, 5) is 0. The predicted molar refractivity (Wildman–Crippen MR) is 99.5 cm³/mol. The number of aryl methyl sites for hydroxylation is 4. The molecular weight excluding hydrogens is 296 g/mol. The highest BCUT2D eigenvalue weighted by molar-refractivity contribution is 5.49. The van der Waals surface area contributed by atoms with Gasteiger partial charge in [-0.3, -0.25) is 0 Å². The van der Waals surface area contributed by atoms with Gasteiger partial charge in [0.2, 0.25) is 0 Å². The summed E-state index contributed by atoms with van der Waals surface area (Å²) in [5, 5.41) is 0. The van der Waals surface area contributed by atoms with Crippen LogP contribution < -0.4 is 9.47 Å². The molecule has 0 fully saturated rings. The first-order valence-corrected chi connectivity index (χ1v) is 8.78. The molecule has 0 heterocycles. The van der Waals surface area contributed by atoms with Crippen LogP contribution in [0.3, 0.4) is 0 Å². The van der Waals surface area contributed by atoms with E-state index in [-0.39, 0.29) is 5.41 Å². The molecule has 0 N–H and O–H groups in total. The third-order valence-corrected chi connectivity index (χ3v) is 5.00. The average Bonchev–Trinajstić information content (AvgIpc) is 2.55. The predicted octanol–water partition coefficient (Wildman–Crippen LogP) is 4.89. The molecule has 0 radical (unpaired) electrons. The van der Waals surface area contributed by atoms with Gasteiger partial charge < -0.3 is 9.47 Å². The Morgan fingerprint density at radius 2 is 1.38 bits per heavy atom. The summed E-state index contributed by atoms with van der Waals surface area (Å²) in [6, 6.07) is 11.3. The molecule has 2 aromatic carbocycles. The zero-order chi connectivity index (χ0) is 17.3. The van der Waals surface area contributed by atoms with Crippen molar-refractivity contribution in [3.8, 4) is 11.5 Å². The second-order valence-corrected chi connectivity index (χ2v) is 7.72. The molecule has 0 amide bonds. The minimum Gasteiger partial charge on any atom is -0.496 e. The average molecular weight is 324 g/mol. The maximum Gasteiger partial charge on any atom is 0.125 e. The highest BCUT2D eigenvalue weighted by atomic mass is 16.5. The quantitative estimate of drug-likeness (QED) is 0.783. The summed E-state index contributed by atoms with van der Waals surface area (Å²) in [7, 11) is 3.55. The van der Waals surface area contributed by atoms with Crippen LogP contribution in [0.4, 0.5) is 0 Å². The molecule has 2 heteroatoms. The van der Waals surface area contributed by atoms with Crippen LogP contribution in [0.5, 0.6) is 11.5 Å². The lowest BCUT2D eigenvalue weighted by molar-refractivity contribution is 0.401. The Hall–Kier alpha value is -1.96. The van der Waals surface area contributed by atoms with Crippen LogP contribution in [0.25, 0.3) is 0 Å². The van der Waals surface area contributed by atoms with Crippen molar-refractivity contribution in [2.24, 2.45) is 0 Å². The van der Waals surface area contributed by atoms with Crippen molar-refractivity contribution in [2.45, 2.75) is 51.9 Å². The van der Waals surface area contributed by atoms with E-state index in [1.807, 2.05) is 0 Å². The molecule has 3 rings (SSSR count). The minimum absolute atomic E-state index is 0.145. The van der Waals surface area contributed by atoms with E-state index in [1.54, 1.807) is 14.2 Å². The molecular formula is C22H28O2. The van der Waals surface area contributed by atoms with E-state index in [0.29, 0.717) is 0 Å². The van der Waals surface area contributed by atoms with Crippen molar-refractivity contribution in [2.75, 3.05) is 14.2 Å². The van der Waals surface area contributed by atoms with Crippen LogP contribution in [0.15, 0.2) is 30.3 Å². The first-order chi connectivity index (χ1) is 11.4. The molecule has 1 aliphatic rings. The lowest BCUT2D eigenvalue weighted by atomic mass is 9.82. The smallest absolute Gasteiger partial charge is 0.125 e. The molecule has 128 valence electrons. The zero-order valence-electron chi connectivity index (χ0n) is 15.5. The third-order valence-electron chi connectivity index (χ3n) is 5.00. The number of hydrogen-bond donors (Lipinski definition) is 0. The van der Waals surface area contributed by atoms with Crippen LogP contribution in [-0.2, 0) is 31.1 Å². The molecule has 24 heavy (non-hydrogen) atoms. The molecule has 0 spiro atoms. The van der Waals surface area contributed by atoms with Crippen molar-refractivity contribution in [1.29, 1.82) is 0 Å². The largest absolute Gasteiger partial charge is 0.496 e. The Labute approximate surface area is 145 Å². The Morgan fingerprint density at radius 1 is 0.750 bits per heavy atom. The fourth-order valence-corrected chi connectivity index (χ4v) is 3.55. The molecule has 0 atom stereocenters. The van der Waals surface area contributed by atoms with E-state index < -0.39 is 0 Å². The van der Waals surface area contributed by atoms with Gasteiger partial charge in [0, 0.05) is 0 Å². The summed E-state index contributed by atoms with van der Waals surface area (Å²) in [6.45, 7) is 6.83. The highest BCUT2D eigenvalue weighted by Crippen LogP contribution is 2.35. The van der Waals surface area contributed by atoms with Gasteiger partial charge in [0.1, 0.15) is 11.5 Å². The summed E-state index contributed by atoms with van der Waals surface area (Å²) in [6.07, 6.45) is 3.98. The SMILES string of the molecule is COc1ccc2cc1CCc1cc(C(C)(C)C)cc(c1OC)CC2. The number of benzene rings is 2. The first kappa shape index (κ1) is 16.9. The Kier molecular flexibility index (Phi) is 4.58. The minimum atomic E-state index is 0.145. The van der Waals surface area contributed by atoms with Gasteiger partial charge in [-0.1, -0.05) is 45.0 Å². The molecule has 0 saturated carbocycles. The fraction of sp³-hybridized carbons (Fsp3) is 0.455. The molecule has 0 aromatic heterocycles. The third kappa shape index (κ3) is 3.28. The topological polar surface area (TPSA) is 18.5 Å². The first-order valence-electron chi connectivity index (χ1n) is 8.78. The Morgan fingerprint density at radius 3 is 1.96 bits per heavy atom. The molecule has 4 bridgehead atoms. The van der Waals surface area contributed by atoms with Gasteiger partial charge >= 0.3 is 0 Å². The van der Waals surface area contributed by atoms with E-state index in [0.717, 1.165) is 37.2 Å². The van der Waals surface area contributed by atoms with E-state index >= 15 is 0 Å². The van der Waals surface area contributed by atoms with Crippen molar-refractivity contribution >= 4 is 0 Å². The molecule has 0 unspecified atom stereocenters. The van der Waals surface area contributed by atoms with Crippen molar-refractivity contribution in [1.82, 2.24) is 0 Å². The van der Waals surface area contributed by atoms with Gasteiger partial charge in [0.15, 0.2) is 0 Å². The van der Waals surface area contributed by atoms with Crippen molar-refractivity contribution < 1.29 is 9.47 Å². The van der Waals surface area contributed by atoms with E-state index in [9.17, 15) is 0 Å². The number of ether oxygens (including phenoxy) is 2. The van der Waals surface area contributed by atoms with Crippen molar-refractivity contribution in [3.63, 3.8) is 0 Å².